The second-order valence-electron chi connectivity index (χ2n) is 8.67. The first-order chi connectivity index (χ1) is 13.8. The fraction of sp³-hybridized carbons (Fsp3) is 0.480. The summed E-state index contributed by atoms with van der Waals surface area (Å²) in [6.45, 7) is 7.55. The third kappa shape index (κ3) is 4.78. The molecular formula is C25H31ClNO2-. The standard InChI is InChI=1S/C25H32ClNO2/c1-18-10-9-11-19(24(18)26)15-16-22-25(2,3)20-12-6-7-13-21(20)27(22)17-8-4-5-14-23(28)29/h6-7,12-13,15-16H,4-5,8-11,14,17H2,1-3H3,(H,28,29)/p-1/b19-15+,22-16-. The van der Waals surface area contributed by atoms with Crippen LogP contribution < -0.4 is 10.0 Å². The Morgan fingerprint density at radius 2 is 1.93 bits per heavy atom. The third-order valence-electron chi connectivity index (χ3n) is 6.16. The highest BCUT2D eigenvalue weighted by Gasteiger charge is 2.39. The number of rotatable bonds is 7. The Morgan fingerprint density at radius 1 is 1.17 bits per heavy atom. The van der Waals surface area contributed by atoms with Gasteiger partial charge in [-0.1, -0.05) is 61.7 Å². The van der Waals surface area contributed by atoms with Crippen LogP contribution in [0.2, 0.25) is 0 Å². The van der Waals surface area contributed by atoms with Crippen LogP contribution in [-0.2, 0) is 10.2 Å². The smallest absolute Gasteiger partial charge is 0.0450 e. The molecule has 0 amide bonds. The summed E-state index contributed by atoms with van der Waals surface area (Å²) in [5, 5.41) is 11.6. The maximum absolute atomic E-state index is 10.7. The number of hydrogen-bond acceptors (Lipinski definition) is 3. The number of benzene rings is 1. The van der Waals surface area contributed by atoms with E-state index in [9.17, 15) is 9.90 Å². The van der Waals surface area contributed by atoms with Gasteiger partial charge in [0, 0.05) is 34.3 Å². The molecule has 156 valence electrons. The van der Waals surface area contributed by atoms with Crippen molar-refractivity contribution in [2.24, 2.45) is 0 Å². The summed E-state index contributed by atoms with van der Waals surface area (Å²) in [7, 11) is 0. The molecule has 1 aromatic carbocycles. The van der Waals surface area contributed by atoms with Crippen LogP contribution in [0.25, 0.3) is 0 Å². The molecule has 2 aliphatic rings. The summed E-state index contributed by atoms with van der Waals surface area (Å²) in [5.41, 5.74) is 6.28. The Balaban J connectivity index is 1.86. The molecule has 0 saturated carbocycles. The molecule has 1 aliphatic heterocycles. The maximum Gasteiger partial charge on any atom is 0.0450 e. The molecule has 29 heavy (non-hydrogen) atoms. The molecule has 3 rings (SSSR count). The lowest BCUT2D eigenvalue weighted by molar-refractivity contribution is -0.305. The lowest BCUT2D eigenvalue weighted by Crippen LogP contribution is -2.27. The average Bonchev–Trinajstić information content (AvgIpc) is 2.89. The lowest BCUT2D eigenvalue weighted by Gasteiger charge is -2.27. The first-order valence-electron chi connectivity index (χ1n) is 10.7. The van der Waals surface area contributed by atoms with Gasteiger partial charge in [0.25, 0.3) is 0 Å². The highest BCUT2D eigenvalue weighted by molar-refractivity contribution is 6.32. The van der Waals surface area contributed by atoms with Crippen molar-refractivity contribution >= 4 is 23.3 Å². The molecule has 4 heteroatoms. The van der Waals surface area contributed by atoms with Crippen LogP contribution in [-0.4, -0.2) is 12.5 Å². The molecular weight excluding hydrogens is 382 g/mol. The third-order valence-corrected chi connectivity index (χ3v) is 6.72. The number of carbonyl (C=O) groups is 1. The summed E-state index contributed by atoms with van der Waals surface area (Å²) in [6.07, 6.45) is 10.4. The SMILES string of the molecule is CC1=C(Cl)/C(=C/C=C2\N(CCCCCC(=O)[O-])c3ccccc3C2(C)C)CCC1. The van der Waals surface area contributed by atoms with Gasteiger partial charge in [0.15, 0.2) is 0 Å². The van der Waals surface area contributed by atoms with Crippen molar-refractivity contribution in [3.05, 3.63) is 63.9 Å². The largest absolute Gasteiger partial charge is 0.550 e. The number of unbranched alkanes of at least 4 members (excludes halogenated alkanes) is 2. The Morgan fingerprint density at radius 3 is 2.69 bits per heavy atom. The van der Waals surface area contributed by atoms with Crippen molar-refractivity contribution in [3.8, 4) is 0 Å². The average molecular weight is 413 g/mol. The van der Waals surface area contributed by atoms with Gasteiger partial charge in [0.2, 0.25) is 0 Å². The van der Waals surface area contributed by atoms with E-state index in [4.69, 9.17) is 11.6 Å². The topological polar surface area (TPSA) is 43.4 Å². The highest BCUT2D eigenvalue weighted by Crippen LogP contribution is 2.48. The van der Waals surface area contributed by atoms with Crippen LogP contribution in [0.4, 0.5) is 5.69 Å². The van der Waals surface area contributed by atoms with Gasteiger partial charge in [-0.05, 0) is 68.7 Å². The van der Waals surface area contributed by atoms with E-state index in [1.54, 1.807) is 0 Å². The van der Waals surface area contributed by atoms with Gasteiger partial charge in [-0.15, -0.1) is 0 Å². The number of para-hydroxylation sites is 1. The summed E-state index contributed by atoms with van der Waals surface area (Å²) >= 11 is 6.57. The van der Waals surface area contributed by atoms with Crippen molar-refractivity contribution in [2.75, 3.05) is 11.4 Å². The van der Waals surface area contributed by atoms with Crippen LogP contribution in [0.5, 0.6) is 0 Å². The molecule has 0 spiro atoms. The second-order valence-corrected chi connectivity index (χ2v) is 9.05. The number of carboxylic acid groups (broad SMARTS) is 1. The number of allylic oxidation sites excluding steroid dienone is 6. The van der Waals surface area contributed by atoms with E-state index in [-0.39, 0.29) is 11.8 Å². The van der Waals surface area contributed by atoms with Crippen molar-refractivity contribution in [3.63, 3.8) is 0 Å². The van der Waals surface area contributed by atoms with E-state index in [1.165, 1.54) is 28.1 Å². The predicted octanol–water partition coefficient (Wildman–Crippen LogP) is 5.60. The van der Waals surface area contributed by atoms with E-state index in [2.05, 4.69) is 62.1 Å². The number of halogens is 1. The van der Waals surface area contributed by atoms with Gasteiger partial charge < -0.3 is 14.8 Å². The van der Waals surface area contributed by atoms with Crippen LogP contribution in [0.3, 0.4) is 0 Å². The van der Waals surface area contributed by atoms with E-state index in [0.717, 1.165) is 43.7 Å². The number of anilines is 1. The summed E-state index contributed by atoms with van der Waals surface area (Å²) in [5.74, 6) is -0.961. The van der Waals surface area contributed by atoms with Crippen molar-refractivity contribution in [2.45, 2.75) is 71.1 Å². The molecule has 1 heterocycles. The Kier molecular flexibility index (Phi) is 6.89. The normalized spacial score (nSPS) is 21.2. The first kappa shape index (κ1) is 21.7. The van der Waals surface area contributed by atoms with Crippen LogP contribution >= 0.6 is 11.6 Å². The molecule has 0 saturated heterocycles. The van der Waals surface area contributed by atoms with Crippen molar-refractivity contribution < 1.29 is 9.90 Å². The van der Waals surface area contributed by atoms with Gasteiger partial charge in [-0.3, -0.25) is 0 Å². The minimum Gasteiger partial charge on any atom is -0.550 e. The number of nitrogens with zero attached hydrogens (tertiary/aromatic N) is 1. The van der Waals surface area contributed by atoms with Crippen LogP contribution in [0.1, 0.15) is 71.3 Å². The Bertz CT molecular complexity index is 863. The molecule has 0 aromatic heterocycles. The van der Waals surface area contributed by atoms with Crippen LogP contribution in [0.15, 0.2) is 58.3 Å². The zero-order valence-electron chi connectivity index (χ0n) is 17.8. The molecule has 1 aromatic rings. The van der Waals surface area contributed by atoms with Crippen molar-refractivity contribution in [1.29, 1.82) is 0 Å². The number of carbonyl (C=O) groups excluding carboxylic acids is 1. The quantitative estimate of drug-likeness (QED) is 0.547. The van der Waals surface area contributed by atoms with E-state index >= 15 is 0 Å². The van der Waals surface area contributed by atoms with E-state index < -0.39 is 5.97 Å². The van der Waals surface area contributed by atoms with E-state index in [0.29, 0.717) is 6.42 Å². The van der Waals surface area contributed by atoms with Gasteiger partial charge in [-0.2, -0.15) is 0 Å². The number of aliphatic carboxylic acids is 1. The van der Waals surface area contributed by atoms with Crippen LogP contribution in [0, 0.1) is 0 Å². The molecule has 0 radical (unpaired) electrons. The number of hydrogen-bond donors (Lipinski definition) is 0. The predicted molar refractivity (Wildman–Crippen MR) is 119 cm³/mol. The fourth-order valence-electron chi connectivity index (χ4n) is 4.47. The summed E-state index contributed by atoms with van der Waals surface area (Å²) in [6, 6.07) is 8.58. The minimum absolute atomic E-state index is 0.0848. The second kappa shape index (κ2) is 9.21. The first-order valence-corrected chi connectivity index (χ1v) is 11.0. The molecule has 3 nitrogen and oxygen atoms in total. The number of fused-ring (bicyclic) bond motifs is 1. The summed E-state index contributed by atoms with van der Waals surface area (Å²) < 4.78 is 0. The molecule has 1 aliphatic carbocycles. The lowest BCUT2D eigenvalue weighted by atomic mass is 9.83. The maximum atomic E-state index is 10.7. The Hall–Kier alpha value is -2.00. The zero-order valence-corrected chi connectivity index (χ0v) is 18.5. The highest BCUT2D eigenvalue weighted by atomic mass is 35.5. The number of carboxylic acids is 1. The van der Waals surface area contributed by atoms with E-state index in [1.807, 2.05) is 0 Å². The monoisotopic (exact) mass is 412 g/mol. The fourth-order valence-corrected chi connectivity index (χ4v) is 4.72. The molecule has 0 bridgehead atoms. The molecule has 0 fully saturated rings. The molecule has 0 N–H and O–H groups in total. The van der Waals surface area contributed by atoms with Gasteiger partial charge in [-0.25, -0.2) is 0 Å². The van der Waals surface area contributed by atoms with Gasteiger partial charge in [0.05, 0.1) is 0 Å². The van der Waals surface area contributed by atoms with Crippen molar-refractivity contribution in [1.82, 2.24) is 0 Å². The Labute approximate surface area is 179 Å². The minimum atomic E-state index is -0.961. The van der Waals surface area contributed by atoms with Gasteiger partial charge >= 0.3 is 0 Å². The zero-order chi connectivity index (χ0) is 21.0. The molecule has 0 atom stereocenters. The molecule has 0 unspecified atom stereocenters. The van der Waals surface area contributed by atoms with Gasteiger partial charge in [0.1, 0.15) is 0 Å². The summed E-state index contributed by atoms with van der Waals surface area (Å²) in [4.78, 5) is 13.1.